The zero-order valence-corrected chi connectivity index (χ0v) is 11.3. The average Bonchev–Trinajstić information content (AvgIpc) is 2.26. The van der Waals surface area contributed by atoms with E-state index in [0.717, 1.165) is 11.4 Å². The largest absolute Gasteiger partial charge is 0.398 e. The lowest BCUT2D eigenvalue weighted by Gasteiger charge is -2.07. The summed E-state index contributed by atoms with van der Waals surface area (Å²) in [5, 5.41) is 3.10. The quantitative estimate of drug-likeness (QED) is 0.826. The number of carbonyl (C=O) groups is 1. The summed E-state index contributed by atoms with van der Waals surface area (Å²) in [6.07, 6.45) is 0. The van der Waals surface area contributed by atoms with E-state index in [1.165, 1.54) is 6.07 Å². The number of hydrogen-bond acceptors (Lipinski definition) is 4. The first kappa shape index (κ1) is 13.3. The Morgan fingerprint density at radius 3 is 2.42 bits per heavy atom. The monoisotopic (exact) mass is 276 g/mol. The number of amides is 1. The highest BCUT2D eigenvalue weighted by molar-refractivity contribution is 6.31. The summed E-state index contributed by atoms with van der Waals surface area (Å²) >= 11 is 5.79. The molecule has 0 saturated carbocycles. The molecule has 0 spiro atoms. The molecule has 6 heteroatoms. The molecule has 19 heavy (non-hydrogen) atoms. The molecule has 0 aliphatic rings. The second kappa shape index (κ2) is 5.24. The molecule has 0 saturated heterocycles. The highest BCUT2D eigenvalue weighted by Crippen LogP contribution is 2.18. The molecule has 2 rings (SSSR count). The Bertz CT molecular complexity index is 622. The van der Waals surface area contributed by atoms with Crippen molar-refractivity contribution in [1.29, 1.82) is 0 Å². The van der Waals surface area contributed by atoms with Gasteiger partial charge in [-0.3, -0.25) is 10.1 Å². The van der Waals surface area contributed by atoms with Crippen molar-refractivity contribution in [1.82, 2.24) is 9.97 Å². The number of benzene rings is 1. The summed E-state index contributed by atoms with van der Waals surface area (Å²) in [6, 6.07) is 6.52. The van der Waals surface area contributed by atoms with E-state index in [4.69, 9.17) is 17.3 Å². The molecular formula is C13H13ClN4O. The SMILES string of the molecule is Cc1cc(C)nc(NC(=O)c2ccc(Cl)cc2N)n1. The molecule has 0 bridgehead atoms. The Labute approximate surface area is 115 Å². The van der Waals surface area contributed by atoms with Gasteiger partial charge in [0, 0.05) is 22.1 Å². The van der Waals surface area contributed by atoms with E-state index in [1.54, 1.807) is 12.1 Å². The van der Waals surface area contributed by atoms with Gasteiger partial charge in [-0.15, -0.1) is 0 Å². The summed E-state index contributed by atoms with van der Waals surface area (Å²) in [4.78, 5) is 20.3. The highest BCUT2D eigenvalue weighted by atomic mass is 35.5. The van der Waals surface area contributed by atoms with E-state index in [9.17, 15) is 4.79 Å². The number of aryl methyl sites for hydroxylation is 2. The Balaban J connectivity index is 2.25. The van der Waals surface area contributed by atoms with Gasteiger partial charge < -0.3 is 5.73 Å². The van der Waals surface area contributed by atoms with Gasteiger partial charge in [-0.1, -0.05) is 11.6 Å². The first-order chi connectivity index (χ1) is 8.95. The number of carbonyl (C=O) groups excluding carboxylic acids is 1. The van der Waals surface area contributed by atoms with Crippen LogP contribution >= 0.6 is 11.6 Å². The van der Waals surface area contributed by atoms with Gasteiger partial charge >= 0.3 is 0 Å². The van der Waals surface area contributed by atoms with Gasteiger partial charge in [0.25, 0.3) is 5.91 Å². The molecule has 5 nitrogen and oxygen atoms in total. The smallest absolute Gasteiger partial charge is 0.260 e. The minimum atomic E-state index is -0.362. The Hall–Kier alpha value is -2.14. The second-order valence-corrected chi connectivity index (χ2v) is 4.60. The number of hydrogen-bond donors (Lipinski definition) is 2. The van der Waals surface area contributed by atoms with E-state index in [1.807, 2.05) is 19.9 Å². The molecule has 0 aliphatic carbocycles. The normalized spacial score (nSPS) is 10.3. The van der Waals surface area contributed by atoms with E-state index < -0.39 is 0 Å². The van der Waals surface area contributed by atoms with Gasteiger partial charge in [-0.2, -0.15) is 0 Å². The minimum absolute atomic E-state index is 0.261. The van der Waals surface area contributed by atoms with Crippen molar-refractivity contribution in [2.24, 2.45) is 0 Å². The van der Waals surface area contributed by atoms with Crippen LogP contribution in [0.15, 0.2) is 24.3 Å². The van der Waals surface area contributed by atoms with Gasteiger partial charge in [0.1, 0.15) is 0 Å². The lowest BCUT2D eigenvalue weighted by Crippen LogP contribution is -2.16. The molecule has 1 amide bonds. The third kappa shape index (κ3) is 3.20. The fourth-order valence-corrected chi connectivity index (χ4v) is 1.87. The second-order valence-electron chi connectivity index (χ2n) is 4.16. The number of halogens is 1. The third-order valence-corrected chi connectivity index (χ3v) is 2.70. The number of anilines is 2. The van der Waals surface area contributed by atoms with Gasteiger partial charge in [-0.25, -0.2) is 9.97 Å². The lowest BCUT2D eigenvalue weighted by atomic mass is 10.1. The molecule has 1 heterocycles. The predicted molar refractivity (Wildman–Crippen MR) is 75.3 cm³/mol. The van der Waals surface area contributed by atoms with Crippen molar-refractivity contribution < 1.29 is 4.79 Å². The van der Waals surface area contributed by atoms with Gasteiger partial charge in [0.2, 0.25) is 5.95 Å². The fourth-order valence-electron chi connectivity index (χ4n) is 1.69. The molecule has 0 atom stereocenters. The zero-order valence-electron chi connectivity index (χ0n) is 10.6. The van der Waals surface area contributed by atoms with Crippen LogP contribution in [-0.4, -0.2) is 15.9 Å². The maximum absolute atomic E-state index is 12.1. The number of aromatic nitrogens is 2. The van der Waals surface area contributed by atoms with Crippen LogP contribution in [0.4, 0.5) is 11.6 Å². The van der Waals surface area contributed by atoms with Gasteiger partial charge in [-0.05, 0) is 38.1 Å². The molecule has 1 aromatic carbocycles. The van der Waals surface area contributed by atoms with Crippen LogP contribution in [0, 0.1) is 13.8 Å². The van der Waals surface area contributed by atoms with E-state index in [0.29, 0.717) is 16.3 Å². The highest BCUT2D eigenvalue weighted by Gasteiger charge is 2.12. The maximum atomic E-state index is 12.1. The van der Waals surface area contributed by atoms with Crippen LogP contribution in [0.1, 0.15) is 21.7 Å². The summed E-state index contributed by atoms with van der Waals surface area (Å²) in [5.41, 5.74) is 7.97. The molecule has 0 radical (unpaired) electrons. The topological polar surface area (TPSA) is 80.9 Å². The van der Waals surface area contributed by atoms with Crippen molar-refractivity contribution in [3.8, 4) is 0 Å². The molecule has 1 aromatic heterocycles. The summed E-state index contributed by atoms with van der Waals surface area (Å²) in [7, 11) is 0. The van der Waals surface area contributed by atoms with Crippen LogP contribution in [0.5, 0.6) is 0 Å². The molecule has 0 aliphatic heterocycles. The Morgan fingerprint density at radius 1 is 1.21 bits per heavy atom. The standard InChI is InChI=1S/C13H13ClN4O/c1-7-5-8(2)17-13(16-7)18-12(19)10-4-3-9(14)6-11(10)15/h3-6H,15H2,1-2H3,(H,16,17,18,19). The Kier molecular flexibility index (Phi) is 3.66. The maximum Gasteiger partial charge on any atom is 0.260 e. The number of nitrogens with two attached hydrogens (primary N) is 1. The van der Waals surface area contributed by atoms with E-state index >= 15 is 0 Å². The van der Waals surface area contributed by atoms with Gasteiger partial charge in [0.05, 0.1) is 5.56 Å². The average molecular weight is 277 g/mol. The lowest BCUT2D eigenvalue weighted by molar-refractivity contribution is 0.102. The summed E-state index contributed by atoms with van der Waals surface area (Å²) < 4.78 is 0. The molecule has 0 unspecified atom stereocenters. The van der Waals surface area contributed by atoms with Gasteiger partial charge in [0.15, 0.2) is 0 Å². The molecule has 2 aromatic rings. The Morgan fingerprint density at radius 2 is 1.84 bits per heavy atom. The van der Waals surface area contributed by atoms with Crippen LogP contribution in [-0.2, 0) is 0 Å². The van der Waals surface area contributed by atoms with Crippen molar-refractivity contribution >= 4 is 29.1 Å². The molecular weight excluding hydrogens is 264 g/mol. The van der Waals surface area contributed by atoms with E-state index in [-0.39, 0.29) is 11.9 Å². The molecule has 98 valence electrons. The number of nitrogens with zero attached hydrogens (tertiary/aromatic N) is 2. The third-order valence-electron chi connectivity index (χ3n) is 2.47. The molecule has 0 fully saturated rings. The predicted octanol–water partition coefficient (Wildman–Crippen LogP) is 2.58. The van der Waals surface area contributed by atoms with Crippen molar-refractivity contribution in [3.05, 3.63) is 46.2 Å². The van der Waals surface area contributed by atoms with Crippen molar-refractivity contribution in [2.75, 3.05) is 11.1 Å². The van der Waals surface area contributed by atoms with Crippen molar-refractivity contribution in [3.63, 3.8) is 0 Å². The summed E-state index contributed by atoms with van der Waals surface area (Å²) in [6.45, 7) is 3.67. The minimum Gasteiger partial charge on any atom is -0.398 e. The number of nitrogen functional groups attached to an aromatic ring is 1. The van der Waals surface area contributed by atoms with E-state index in [2.05, 4.69) is 15.3 Å². The molecule has 3 N–H and O–H groups in total. The number of nitrogens with one attached hydrogen (secondary N) is 1. The van der Waals surface area contributed by atoms with Crippen molar-refractivity contribution in [2.45, 2.75) is 13.8 Å². The first-order valence-electron chi connectivity index (χ1n) is 5.64. The van der Waals surface area contributed by atoms with Crippen LogP contribution in [0.3, 0.4) is 0 Å². The summed E-state index contributed by atoms with van der Waals surface area (Å²) in [5.74, 6) is -0.101. The first-order valence-corrected chi connectivity index (χ1v) is 6.02. The zero-order chi connectivity index (χ0) is 14.0. The van der Waals surface area contributed by atoms with Crippen LogP contribution < -0.4 is 11.1 Å². The number of rotatable bonds is 2. The van der Waals surface area contributed by atoms with Crippen LogP contribution in [0.2, 0.25) is 5.02 Å². The van der Waals surface area contributed by atoms with Crippen LogP contribution in [0.25, 0.3) is 0 Å². The fraction of sp³-hybridized carbons (Fsp3) is 0.154.